The maximum Gasteiger partial charge on any atom is -0.0385 e. The zero-order chi connectivity index (χ0) is 50.2. The zero-order valence-electron chi connectivity index (χ0n) is 50.2. The Bertz CT molecular complexity index is 511. The fourth-order valence-corrected chi connectivity index (χ4v) is 2.60. The summed E-state index contributed by atoms with van der Waals surface area (Å²) in [5, 5.41) is 0. The van der Waals surface area contributed by atoms with E-state index in [2.05, 4.69) is 180 Å². The highest BCUT2D eigenvalue weighted by molar-refractivity contribution is 4.65. The molecule has 3 saturated carbocycles. The van der Waals surface area contributed by atoms with Crippen molar-refractivity contribution in [1.29, 1.82) is 0 Å². The summed E-state index contributed by atoms with van der Waals surface area (Å²) in [4.78, 5) is 0. The van der Waals surface area contributed by atoms with E-state index in [9.17, 15) is 0 Å². The largest absolute Gasteiger partial charge is 0.0683 e. The average Bonchev–Trinajstić information content (AvgIpc) is 3.80. The monoisotopic (exact) mass is 849 g/mol. The molecule has 0 radical (unpaired) electrons. The number of hydrogen-bond donors (Lipinski definition) is 0. The van der Waals surface area contributed by atoms with Crippen LogP contribution in [0.3, 0.4) is 0 Å². The minimum atomic E-state index is 0.500. The first-order chi connectivity index (χ1) is 27.1. The second kappa shape index (κ2) is 72.4. The molecule has 0 aromatic carbocycles. The lowest BCUT2D eigenvalue weighted by Crippen LogP contribution is -2.00. The van der Waals surface area contributed by atoms with Crippen LogP contribution in [0, 0.1) is 58.2 Å². The van der Waals surface area contributed by atoms with Gasteiger partial charge in [0.2, 0.25) is 0 Å². The molecule has 0 heterocycles. The summed E-state index contributed by atoms with van der Waals surface area (Å²) in [6.45, 7) is 73.7. The van der Waals surface area contributed by atoms with Crippen LogP contribution in [0.25, 0.3) is 0 Å². The Balaban J connectivity index is -0.0000000476. The van der Waals surface area contributed by atoms with Gasteiger partial charge in [0.25, 0.3) is 0 Å². The minimum absolute atomic E-state index is 0.500. The molecule has 3 rings (SSSR count). The molecule has 0 spiro atoms. The maximum atomic E-state index is 2.36. The van der Waals surface area contributed by atoms with Crippen molar-refractivity contribution in [3.05, 3.63) is 0 Å². The van der Waals surface area contributed by atoms with Crippen molar-refractivity contribution in [2.24, 2.45) is 58.2 Å². The van der Waals surface area contributed by atoms with Crippen LogP contribution in [0.15, 0.2) is 0 Å². The van der Waals surface area contributed by atoms with E-state index in [-0.39, 0.29) is 0 Å². The third-order valence-corrected chi connectivity index (χ3v) is 8.43. The standard InChI is InChI=1S/C7H14.C6H12.2C6H14.3C5H12.C4H8.C4H10.C3H8.4C2H6/c1-7-5-3-2-4-6-7;1-6-4-2-3-5-6;1-5-6(2,3)4;1-5(2)6(3)4;1-5(2,3)4;2*1-4-5(2)3;1-4-2-3-4;1-4(2)3;1-3-2;4*1-2/h7H,2-6H2,1H3;6H,2-5H2,1H3;5H2,1-4H3;5-6H,1-4H3;1-4H3;2*5H,4H2,1-3H3;4H,2-3H2,1H3;4H,1-3H3;3H2,1-2H3;4*1-2H3. The minimum Gasteiger partial charge on any atom is -0.0683 e. The molecule has 0 amide bonds. The van der Waals surface area contributed by atoms with Gasteiger partial charge in [0.1, 0.15) is 0 Å². The van der Waals surface area contributed by atoms with Crippen LogP contribution in [0.5, 0.6) is 0 Å². The van der Waals surface area contributed by atoms with E-state index in [1.807, 2.05) is 55.4 Å². The normalized spacial score (nSPS) is 13.7. The van der Waals surface area contributed by atoms with Crippen molar-refractivity contribution in [1.82, 2.24) is 0 Å². The van der Waals surface area contributed by atoms with Gasteiger partial charge in [0.05, 0.1) is 0 Å². The zero-order valence-corrected chi connectivity index (χ0v) is 50.2. The molecule has 0 aromatic heterocycles. The molecular weight excluding hydrogens is 709 g/mol. The molecule has 3 fully saturated rings. The van der Waals surface area contributed by atoms with E-state index in [0.29, 0.717) is 10.8 Å². The van der Waals surface area contributed by atoms with E-state index in [4.69, 9.17) is 0 Å². The fourth-order valence-electron chi connectivity index (χ4n) is 2.60. The van der Waals surface area contributed by atoms with Gasteiger partial charge in [-0.05, 0) is 58.2 Å². The molecule has 0 heteroatoms. The Labute approximate surface area is 388 Å². The first kappa shape index (κ1) is 86.1. The van der Waals surface area contributed by atoms with Crippen LogP contribution in [-0.4, -0.2) is 0 Å². The summed E-state index contributed by atoms with van der Waals surface area (Å²) >= 11 is 0. The molecule has 59 heavy (non-hydrogen) atoms. The van der Waals surface area contributed by atoms with Crippen LogP contribution >= 0.6 is 0 Å². The lowest BCUT2D eigenvalue weighted by Gasteiger charge is -2.15. The lowest BCUT2D eigenvalue weighted by atomic mass is 9.91. The van der Waals surface area contributed by atoms with Gasteiger partial charge in [-0.2, -0.15) is 0 Å². The molecule has 0 N–H and O–H groups in total. The van der Waals surface area contributed by atoms with Gasteiger partial charge >= 0.3 is 0 Å². The lowest BCUT2D eigenvalue weighted by molar-refractivity contribution is 0.385. The van der Waals surface area contributed by atoms with E-state index in [1.165, 1.54) is 96.3 Å². The smallest absolute Gasteiger partial charge is 0.0385 e. The second-order valence-electron chi connectivity index (χ2n) is 21.3. The third kappa shape index (κ3) is 216. The molecule has 0 atom stereocenters. The van der Waals surface area contributed by atoms with Crippen LogP contribution in [0.4, 0.5) is 0 Å². The van der Waals surface area contributed by atoms with E-state index >= 15 is 0 Å². The van der Waals surface area contributed by atoms with Gasteiger partial charge in [-0.1, -0.05) is 332 Å². The average molecular weight is 850 g/mol. The molecule has 376 valence electrons. The molecule has 0 unspecified atom stereocenters. The van der Waals surface area contributed by atoms with Crippen molar-refractivity contribution in [3.63, 3.8) is 0 Å². The summed E-state index contributed by atoms with van der Waals surface area (Å²) in [5.41, 5.74) is 1.04. The fraction of sp³-hybridized carbons (Fsp3) is 1.00. The van der Waals surface area contributed by atoms with Crippen LogP contribution in [0.1, 0.15) is 332 Å². The first-order valence-electron chi connectivity index (χ1n) is 27.1. The van der Waals surface area contributed by atoms with Gasteiger partial charge in [0, 0.05) is 0 Å². The van der Waals surface area contributed by atoms with Crippen LogP contribution < -0.4 is 0 Å². The Kier molecular flexibility index (Phi) is 106. The molecule has 0 nitrogen and oxygen atoms in total. The molecule has 0 bridgehead atoms. The Morgan fingerprint density at radius 2 is 0.508 bits per heavy atom. The second-order valence-corrected chi connectivity index (χ2v) is 21.3. The predicted octanol–water partition coefficient (Wildman–Crippen LogP) is 24.3. The van der Waals surface area contributed by atoms with Gasteiger partial charge in [-0.25, -0.2) is 0 Å². The Hall–Kier alpha value is 0. The van der Waals surface area contributed by atoms with E-state index < -0.39 is 0 Å². The van der Waals surface area contributed by atoms with E-state index in [1.54, 1.807) is 0 Å². The Morgan fingerprint density at radius 3 is 0.542 bits per heavy atom. The topological polar surface area (TPSA) is 0 Å². The van der Waals surface area contributed by atoms with Gasteiger partial charge in [0.15, 0.2) is 0 Å². The Morgan fingerprint density at radius 1 is 0.373 bits per heavy atom. The van der Waals surface area contributed by atoms with Crippen molar-refractivity contribution in [3.8, 4) is 0 Å². The first-order valence-corrected chi connectivity index (χ1v) is 27.1. The highest BCUT2D eigenvalue weighted by Gasteiger charge is 2.12. The predicted molar refractivity (Wildman–Crippen MR) is 295 cm³/mol. The van der Waals surface area contributed by atoms with Crippen molar-refractivity contribution < 1.29 is 0 Å². The van der Waals surface area contributed by atoms with Crippen molar-refractivity contribution in [2.45, 2.75) is 332 Å². The quantitative estimate of drug-likeness (QED) is 0.265. The maximum absolute atomic E-state index is 2.36. The molecule has 3 aliphatic rings. The summed E-state index contributed by atoms with van der Waals surface area (Å²) in [6, 6.07) is 0. The van der Waals surface area contributed by atoms with Crippen LogP contribution in [-0.2, 0) is 0 Å². The summed E-state index contributed by atoms with van der Waals surface area (Å²) in [7, 11) is 0. The van der Waals surface area contributed by atoms with Crippen molar-refractivity contribution in [2.75, 3.05) is 0 Å². The van der Waals surface area contributed by atoms with Crippen LogP contribution in [0.2, 0.25) is 0 Å². The van der Waals surface area contributed by atoms with Gasteiger partial charge in [-0.3, -0.25) is 0 Å². The van der Waals surface area contributed by atoms with Gasteiger partial charge in [-0.15, -0.1) is 0 Å². The molecule has 0 aliphatic heterocycles. The number of rotatable bonds is 3. The molecule has 0 aromatic rings. The highest BCUT2D eigenvalue weighted by atomic mass is 14.2. The summed E-state index contributed by atoms with van der Waals surface area (Å²) in [5.74, 6) is 7.47. The third-order valence-electron chi connectivity index (χ3n) is 8.43. The number of hydrogen-bond acceptors (Lipinski definition) is 0. The van der Waals surface area contributed by atoms with Gasteiger partial charge < -0.3 is 0 Å². The molecule has 3 aliphatic carbocycles. The highest BCUT2D eigenvalue weighted by Crippen LogP contribution is 2.26. The summed E-state index contributed by atoms with van der Waals surface area (Å²) < 4.78 is 0. The summed E-state index contributed by atoms with van der Waals surface area (Å²) in [6.07, 6.45) is 21.5. The van der Waals surface area contributed by atoms with E-state index in [0.717, 1.165) is 47.3 Å². The van der Waals surface area contributed by atoms with Crippen molar-refractivity contribution >= 4 is 0 Å². The SMILES string of the molecule is CC.CC.CC.CC.CC(C)(C)C.CC(C)C.CC(C)C(C)C.CC1CC1.CC1CCCC1.CC1CCCCC1.CCC.CCC(C)(C)C.CCC(C)C.CCC(C)C. The molecular formula is C59H140. The molecule has 0 saturated heterocycles.